The minimum Gasteiger partial charge on any atom is -0.392 e. The predicted octanol–water partition coefficient (Wildman–Crippen LogP) is 1.97. The maximum Gasteiger partial charge on any atom is 0.426 e. The molecule has 0 bridgehead atoms. The van der Waals surface area contributed by atoms with Gasteiger partial charge in [-0.25, -0.2) is 13.1 Å². The minimum absolute atomic E-state index is 0.0285. The largest absolute Gasteiger partial charge is 0.426 e. The van der Waals surface area contributed by atoms with Gasteiger partial charge in [0.1, 0.15) is 0 Å². The standard InChI is InChI=1S/C14H18ClF3N2O5S2/c1-7(21)6-19-27(24,25)9-5-4-8(10(15)11(9)26-3)20-12(22)13(2,23)14(16,17)18/h4-5,7,19,21,23H,6H2,1-3H3,(H,20,22)/t7?,13-/m1/s1. The zero-order chi connectivity index (χ0) is 21.2. The van der Waals surface area contributed by atoms with Crippen molar-refractivity contribution >= 4 is 45.0 Å². The zero-order valence-electron chi connectivity index (χ0n) is 14.4. The van der Waals surface area contributed by atoms with Gasteiger partial charge in [-0.05, 0) is 32.2 Å². The quantitative estimate of drug-likeness (QED) is 0.472. The molecule has 1 amide bonds. The molecule has 1 aromatic rings. The highest BCUT2D eigenvalue weighted by Crippen LogP contribution is 2.38. The van der Waals surface area contributed by atoms with Gasteiger partial charge < -0.3 is 15.5 Å². The Morgan fingerprint density at radius 3 is 2.37 bits per heavy atom. The number of aliphatic hydroxyl groups is 2. The van der Waals surface area contributed by atoms with Crippen molar-refractivity contribution in [1.29, 1.82) is 0 Å². The first-order valence-corrected chi connectivity index (χ1v) is 10.4. The molecule has 0 heterocycles. The number of aliphatic hydroxyl groups excluding tert-OH is 1. The summed E-state index contributed by atoms with van der Waals surface area (Å²) in [5.74, 6) is -1.77. The molecule has 1 aromatic carbocycles. The number of hydrogen-bond acceptors (Lipinski definition) is 6. The highest BCUT2D eigenvalue weighted by molar-refractivity contribution is 7.99. The predicted molar refractivity (Wildman–Crippen MR) is 95.4 cm³/mol. The summed E-state index contributed by atoms with van der Waals surface area (Å²) in [5, 5.41) is 20.1. The molecular weight excluding hydrogens is 433 g/mol. The van der Waals surface area contributed by atoms with Crippen molar-refractivity contribution in [2.24, 2.45) is 0 Å². The lowest BCUT2D eigenvalue weighted by Crippen LogP contribution is -2.52. The third kappa shape index (κ3) is 5.48. The van der Waals surface area contributed by atoms with Crippen molar-refractivity contribution < 1.29 is 36.6 Å². The number of nitrogens with one attached hydrogen (secondary N) is 2. The number of amides is 1. The molecule has 0 aromatic heterocycles. The molecule has 27 heavy (non-hydrogen) atoms. The first-order chi connectivity index (χ1) is 12.1. The van der Waals surface area contributed by atoms with Gasteiger partial charge in [-0.2, -0.15) is 13.2 Å². The fraction of sp³-hybridized carbons (Fsp3) is 0.500. The van der Waals surface area contributed by atoms with Crippen molar-refractivity contribution in [3.8, 4) is 0 Å². The van der Waals surface area contributed by atoms with E-state index in [4.69, 9.17) is 11.6 Å². The van der Waals surface area contributed by atoms with Gasteiger partial charge in [-0.1, -0.05) is 11.6 Å². The number of rotatable bonds is 7. The molecule has 2 atom stereocenters. The minimum atomic E-state index is -5.22. The van der Waals surface area contributed by atoms with Crippen LogP contribution in [0.1, 0.15) is 13.8 Å². The van der Waals surface area contributed by atoms with Crippen LogP contribution in [0.15, 0.2) is 21.9 Å². The van der Waals surface area contributed by atoms with Gasteiger partial charge in [-0.3, -0.25) is 4.79 Å². The zero-order valence-corrected chi connectivity index (χ0v) is 16.8. The van der Waals surface area contributed by atoms with Crippen LogP contribution in [-0.4, -0.2) is 55.2 Å². The summed E-state index contributed by atoms with van der Waals surface area (Å²) in [6, 6.07) is 2.04. The molecule has 154 valence electrons. The third-order valence-electron chi connectivity index (χ3n) is 3.37. The van der Waals surface area contributed by atoms with Crippen molar-refractivity contribution in [3.05, 3.63) is 17.2 Å². The van der Waals surface area contributed by atoms with Gasteiger partial charge in [0.2, 0.25) is 15.6 Å². The van der Waals surface area contributed by atoms with Gasteiger partial charge in [0.15, 0.2) is 0 Å². The van der Waals surface area contributed by atoms with Crippen LogP contribution in [0.5, 0.6) is 0 Å². The number of carbonyl (C=O) groups excluding carboxylic acids is 1. The number of anilines is 1. The smallest absolute Gasteiger partial charge is 0.392 e. The molecule has 0 radical (unpaired) electrons. The number of halogens is 4. The molecule has 13 heteroatoms. The molecular formula is C14H18ClF3N2O5S2. The van der Waals surface area contributed by atoms with E-state index in [9.17, 15) is 36.6 Å². The third-order valence-corrected chi connectivity index (χ3v) is 6.30. The summed E-state index contributed by atoms with van der Waals surface area (Å²) >= 11 is 6.94. The lowest BCUT2D eigenvalue weighted by molar-refractivity contribution is -0.242. The van der Waals surface area contributed by atoms with Gasteiger partial charge in [0, 0.05) is 11.4 Å². The first-order valence-electron chi connectivity index (χ1n) is 7.30. The van der Waals surface area contributed by atoms with E-state index in [1.54, 1.807) is 0 Å². The Hall–Kier alpha value is -1.05. The van der Waals surface area contributed by atoms with E-state index in [2.05, 4.69) is 4.72 Å². The molecule has 0 aliphatic rings. The number of hydrogen-bond donors (Lipinski definition) is 4. The molecule has 0 aliphatic carbocycles. The van der Waals surface area contributed by atoms with Crippen LogP contribution in [0.4, 0.5) is 18.9 Å². The molecule has 0 spiro atoms. The molecule has 0 saturated carbocycles. The van der Waals surface area contributed by atoms with Crippen molar-refractivity contribution in [2.75, 3.05) is 18.1 Å². The van der Waals surface area contributed by atoms with Crippen LogP contribution in [0.3, 0.4) is 0 Å². The topological polar surface area (TPSA) is 116 Å². The van der Waals surface area contributed by atoms with Crippen LogP contribution in [-0.2, 0) is 14.8 Å². The van der Waals surface area contributed by atoms with Crippen LogP contribution in [0.25, 0.3) is 0 Å². The Morgan fingerprint density at radius 1 is 1.37 bits per heavy atom. The Kier molecular flexibility index (Phi) is 7.58. The maximum atomic E-state index is 12.7. The summed E-state index contributed by atoms with van der Waals surface area (Å²) in [4.78, 5) is 11.5. The van der Waals surface area contributed by atoms with E-state index in [1.807, 2.05) is 5.32 Å². The summed E-state index contributed by atoms with van der Waals surface area (Å²) in [5.41, 5.74) is -3.97. The Morgan fingerprint density at radius 2 is 1.93 bits per heavy atom. The van der Waals surface area contributed by atoms with Crippen LogP contribution >= 0.6 is 23.4 Å². The summed E-state index contributed by atoms with van der Waals surface area (Å²) < 4.78 is 65.0. The molecule has 1 unspecified atom stereocenters. The second kappa shape index (κ2) is 8.53. The Labute approximate surface area is 163 Å². The van der Waals surface area contributed by atoms with E-state index in [0.717, 1.165) is 23.9 Å². The lowest BCUT2D eigenvalue weighted by atomic mass is 10.1. The highest BCUT2D eigenvalue weighted by atomic mass is 35.5. The molecule has 4 N–H and O–H groups in total. The Bertz CT molecular complexity index is 814. The average molecular weight is 451 g/mol. The lowest BCUT2D eigenvalue weighted by Gasteiger charge is -2.25. The van der Waals surface area contributed by atoms with Gasteiger partial charge >= 0.3 is 6.18 Å². The fourth-order valence-corrected chi connectivity index (χ4v) is 4.56. The summed E-state index contributed by atoms with van der Waals surface area (Å²) in [7, 11) is -4.07. The number of sulfonamides is 1. The van der Waals surface area contributed by atoms with Crippen LogP contribution < -0.4 is 10.0 Å². The fourth-order valence-electron chi connectivity index (χ4n) is 1.72. The highest BCUT2D eigenvalue weighted by Gasteiger charge is 2.55. The van der Waals surface area contributed by atoms with Gasteiger partial charge in [-0.15, -0.1) is 11.8 Å². The average Bonchev–Trinajstić information content (AvgIpc) is 2.53. The SMILES string of the molecule is CSc1c(S(=O)(=O)NCC(C)O)ccc(NC(=O)[C@@](C)(O)C(F)(F)F)c1Cl. The number of thioether (sulfide) groups is 1. The second-order valence-corrected chi connectivity index (χ2v) is 8.61. The summed E-state index contributed by atoms with van der Waals surface area (Å²) in [6.07, 6.45) is -4.69. The number of benzene rings is 1. The molecule has 0 fully saturated rings. The normalized spacial score (nSPS) is 15.9. The monoisotopic (exact) mass is 450 g/mol. The molecule has 0 saturated heterocycles. The van der Waals surface area contributed by atoms with E-state index >= 15 is 0 Å². The molecule has 7 nitrogen and oxygen atoms in total. The second-order valence-electron chi connectivity index (χ2n) is 5.68. The van der Waals surface area contributed by atoms with E-state index in [0.29, 0.717) is 0 Å². The van der Waals surface area contributed by atoms with Crippen molar-refractivity contribution in [3.63, 3.8) is 0 Å². The van der Waals surface area contributed by atoms with E-state index < -0.39 is 33.8 Å². The summed E-state index contributed by atoms with van der Waals surface area (Å²) in [6.45, 7) is 1.39. The maximum absolute atomic E-state index is 12.7. The number of alkyl halides is 3. The number of carbonyl (C=O) groups is 1. The van der Waals surface area contributed by atoms with E-state index in [1.165, 1.54) is 13.2 Å². The van der Waals surface area contributed by atoms with Crippen LogP contribution in [0.2, 0.25) is 5.02 Å². The van der Waals surface area contributed by atoms with Gasteiger partial charge in [0.05, 0.1) is 21.7 Å². The Balaban J connectivity index is 3.27. The van der Waals surface area contributed by atoms with Crippen molar-refractivity contribution in [2.45, 2.75) is 41.5 Å². The van der Waals surface area contributed by atoms with Crippen molar-refractivity contribution in [1.82, 2.24) is 4.72 Å². The first kappa shape index (κ1) is 24.0. The van der Waals surface area contributed by atoms with E-state index in [-0.39, 0.29) is 34.0 Å². The molecule has 0 aliphatic heterocycles. The van der Waals surface area contributed by atoms with Gasteiger partial charge in [0.25, 0.3) is 5.91 Å². The molecule has 1 rings (SSSR count). The van der Waals surface area contributed by atoms with Crippen LogP contribution in [0, 0.1) is 0 Å².